The maximum Gasteiger partial charge on any atom is 0.0674 e. The fourth-order valence-corrected chi connectivity index (χ4v) is 3.10. The van der Waals surface area contributed by atoms with Crippen molar-refractivity contribution in [2.75, 3.05) is 39.5 Å². The van der Waals surface area contributed by atoms with Crippen LogP contribution < -0.4 is 5.32 Å². The third kappa shape index (κ3) is 4.42. The normalized spacial score (nSPS) is 37.4. The summed E-state index contributed by atoms with van der Waals surface area (Å²) in [5.74, 6) is 0.619. The molecule has 4 atom stereocenters. The maximum atomic E-state index is 5.71. The van der Waals surface area contributed by atoms with Crippen LogP contribution in [0.25, 0.3) is 0 Å². The molecular weight excluding hydrogens is 240 g/mol. The molecule has 2 fully saturated rings. The van der Waals surface area contributed by atoms with Crippen LogP contribution in [0.1, 0.15) is 33.6 Å². The van der Waals surface area contributed by atoms with Crippen LogP contribution in [0.2, 0.25) is 0 Å². The summed E-state index contributed by atoms with van der Waals surface area (Å²) >= 11 is 0. The van der Waals surface area contributed by atoms with Crippen molar-refractivity contribution < 1.29 is 9.47 Å². The average molecular weight is 270 g/mol. The highest BCUT2D eigenvalue weighted by atomic mass is 16.5. The summed E-state index contributed by atoms with van der Waals surface area (Å²) in [6, 6.07) is 1.16. The van der Waals surface area contributed by atoms with Gasteiger partial charge in [-0.3, -0.25) is 4.90 Å². The zero-order chi connectivity index (χ0) is 13.7. The molecule has 0 aromatic heterocycles. The van der Waals surface area contributed by atoms with Gasteiger partial charge in [-0.25, -0.2) is 0 Å². The number of morpholine rings is 1. The standard InChI is InChI=1S/C15H30N2O2/c1-4-6-16-15-5-7-18-11-14(15)9-17-8-13(3)19-10-12(17)2/h12-16H,4-11H2,1-3H3. The van der Waals surface area contributed by atoms with Crippen LogP contribution in [0, 0.1) is 5.92 Å². The summed E-state index contributed by atoms with van der Waals surface area (Å²) < 4.78 is 11.4. The Kier molecular flexibility index (Phi) is 6.07. The number of hydrogen-bond acceptors (Lipinski definition) is 4. The quantitative estimate of drug-likeness (QED) is 0.821. The summed E-state index contributed by atoms with van der Waals surface area (Å²) in [6.45, 7) is 12.7. The van der Waals surface area contributed by atoms with Gasteiger partial charge in [0.15, 0.2) is 0 Å². The highest BCUT2D eigenvalue weighted by Crippen LogP contribution is 2.20. The van der Waals surface area contributed by atoms with Gasteiger partial charge in [0.1, 0.15) is 0 Å². The van der Waals surface area contributed by atoms with Crippen LogP contribution in [0.15, 0.2) is 0 Å². The minimum absolute atomic E-state index is 0.364. The Hall–Kier alpha value is -0.160. The van der Waals surface area contributed by atoms with Gasteiger partial charge in [-0.1, -0.05) is 6.92 Å². The molecule has 2 aliphatic rings. The largest absolute Gasteiger partial charge is 0.381 e. The molecule has 0 radical (unpaired) electrons. The van der Waals surface area contributed by atoms with Gasteiger partial charge >= 0.3 is 0 Å². The average Bonchev–Trinajstić information content (AvgIpc) is 2.42. The summed E-state index contributed by atoms with van der Waals surface area (Å²) in [4.78, 5) is 2.58. The van der Waals surface area contributed by atoms with E-state index in [2.05, 4.69) is 31.0 Å². The van der Waals surface area contributed by atoms with Crippen molar-refractivity contribution in [3.8, 4) is 0 Å². The Labute approximate surface area is 117 Å². The van der Waals surface area contributed by atoms with E-state index in [1.807, 2.05) is 0 Å². The van der Waals surface area contributed by atoms with E-state index in [9.17, 15) is 0 Å². The smallest absolute Gasteiger partial charge is 0.0674 e. The first-order valence-electron chi connectivity index (χ1n) is 7.87. The van der Waals surface area contributed by atoms with Crippen molar-refractivity contribution in [1.82, 2.24) is 10.2 Å². The SMILES string of the molecule is CCCNC1CCOCC1CN1CC(C)OCC1C. The van der Waals surface area contributed by atoms with E-state index in [-0.39, 0.29) is 0 Å². The maximum absolute atomic E-state index is 5.71. The monoisotopic (exact) mass is 270 g/mol. The second-order valence-electron chi connectivity index (χ2n) is 6.13. The fraction of sp³-hybridized carbons (Fsp3) is 1.00. The molecule has 4 unspecified atom stereocenters. The molecule has 0 saturated carbocycles. The van der Waals surface area contributed by atoms with Crippen LogP contribution in [0.5, 0.6) is 0 Å². The molecule has 0 aliphatic carbocycles. The highest BCUT2D eigenvalue weighted by Gasteiger charge is 2.31. The molecule has 2 rings (SSSR count). The molecule has 0 bridgehead atoms. The topological polar surface area (TPSA) is 33.7 Å². The number of hydrogen-bond donors (Lipinski definition) is 1. The molecule has 0 spiro atoms. The van der Waals surface area contributed by atoms with Gasteiger partial charge in [0.25, 0.3) is 0 Å². The molecule has 2 saturated heterocycles. The summed E-state index contributed by atoms with van der Waals surface area (Å²) in [5, 5.41) is 3.70. The summed E-state index contributed by atoms with van der Waals surface area (Å²) in [7, 11) is 0. The van der Waals surface area contributed by atoms with E-state index < -0.39 is 0 Å². The summed E-state index contributed by atoms with van der Waals surface area (Å²) in [5.41, 5.74) is 0. The predicted octanol–water partition coefficient (Wildman–Crippen LogP) is 1.50. The molecule has 19 heavy (non-hydrogen) atoms. The minimum atomic E-state index is 0.364. The molecule has 112 valence electrons. The van der Waals surface area contributed by atoms with E-state index in [4.69, 9.17) is 9.47 Å². The van der Waals surface area contributed by atoms with E-state index in [0.29, 0.717) is 24.1 Å². The molecule has 0 aromatic rings. The molecule has 0 amide bonds. The summed E-state index contributed by atoms with van der Waals surface area (Å²) in [6.07, 6.45) is 2.72. The van der Waals surface area contributed by atoms with Crippen LogP contribution in [-0.2, 0) is 9.47 Å². The van der Waals surface area contributed by atoms with Crippen LogP contribution in [0.4, 0.5) is 0 Å². The Morgan fingerprint density at radius 1 is 1.26 bits per heavy atom. The lowest BCUT2D eigenvalue weighted by atomic mass is 9.94. The van der Waals surface area contributed by atoms with Gasteiger partial charge in [-0.2, -0.15) is 0 Å². The first kappa shape index (κ1) is 15.2. The van der Waals surface area contributed by atoms with E-state index in [1.165, 1.54) is 6.42 Å². The lowest BCUT2D eigenvalue weighted by molar-refractivity contribution is -0.0671. The van der Waals surface area contributed by atoms with Crippen LogP contribution >= 0.6 is 0 Å². The van der Waals surface area contributed by atoms with E-state index >= 15 is 0 Å². The van der Waals surface area contributed by atoms with Crippen molar-refractivity contribution in [2.24, 2.45) is 5.92 Å². The second kappa shape index (κ2) is 7.58. The minimum Gasteiger partial charge on any atom is -0.381 e. The molecule has 2 aliphatic heterocycles. The predicted molar refractivity (Wildman–Crippen MR) is 77.5 cm³/mol. The number of rotatable bonds is 5. The van der Waals surface area contributed by atoms with Crippen molar-refractivity contribution >= 4 is 0 Å². The van der Waals surface area contributed by atoms with Gasteiger partial charge in [-0.15, -0.1) is 0 Å². The first-order chi connectivity index (χ1) is 9.20. The van der Waals surface area contributed by atoms with Gasteiger partial charge in [0, 0.05) is 37.7 Å². The van der Waals surface area contributed by atoms with Gasteiger partial charge in [0.2, 0.25) is 0 Å². The lowest BCUT2D eigenvalue weighted by Crippen LogP contribution is -2.53. The third-order valence-corrected chi connectivity index (χ3v) is 4.34. The number of nitrogens with one attached hydrogen (secondary N) is 1. The van der Waals surface area contributed by atoms with Gasteiger partial charge in [0.05, 0.1) is 19.3 Å². The van der Waals surface area contributed by atoms with Crippen molar-refractivity contribution in [3.05, 3.63) is 0 Å². The van der Waals surface area contributed by atoms with Crippen molar-refractivity contribution in [1.29, 1.82) is 0 Å². The highest BCUT2D eigenvalue weighted by molar-refractivity contribution is 4.85. The Bertz CT molecular complexity index is 263. The molecule has 4 heteroatoms. The molecule has 0 aromatic carbocycles. The number of ether oxygens (including phenoxy) is 2. The van der Waals surface area contributed by atoms with Crippen molar-refractivity contribution in [3.63, 3.8) is 0 Å². The van der Waals surface area contributed by atoms with Gasteiger partial charge < -0.3 is 14.8 Å². The Morgan fingerprint density at radius 2 is 2.11 bits per heavy atom. The molecule has 2 heterocycles. The van der Waals surface area contributed by atoms with Crippen molar-refractivity contribution in [2.45, 2.75) is 51.8 Å². The molecular formula is C15H30N2O2. The molecule has 1 N–H and O–H groups in total. The lowest BCUT2D eigenvalue weighted by Gasteiger charge is -2.41. The van der Waals surface area contributed by atoms with Gasteiger partial charge in [-0.05, 0) is 33.2 Å². The molecule has 4 nitrogen and oxygen atoms in total. The number of nitrogens with zero attached hydrogens (tertiary/aromatic N) is 1. The fourth-order valence-electron chi connectivity index (χ4n) is 3.10. The van der Waals surface area contributed by atoms with E-state index in [0.717, 1.165) is 45.9 Å². The third-order valence-electron chi connectivity index (χ3n) is 4.34. The Balaban J connectivity index is 1.87. The zero-order valence-electron chi connectivity index (χ0n) is 12.7. The first-order valence-corrected chi connectivity index (χ1v) is 7.87. The van der Waals surface area contributed by atoms with E-state index in [1.54, 1.807) is 0 Å². The van der Waals surface area contributed by atoms with Crippen LogP contribution in [-0.4, -0.2) is 62.5 Å². The van der Waals surface area contributed by atoms with Crippen LogP contribution in [0.3, 0.4) is 0 Å². The Morgan fingerprint density at radius 3 is 2.89 bits per heavy atom. The second-order valence-corrected chi connectivity index (χ2v) is 6.13. The zero-order valence-corrected chi connectivity index (χ0v) is 12.7.